The van der Waals surface area contributed by atoms with Gasteiger partial charge in [0.15, 0.2) is 0 Å². The van der Waals surface area contributed by atoms with Crippen molar-refractivity contribution in [1.82, 2.24) is 0 Å². The summed E-state index contributed by atoms with van der Waals surface area (Å²) in [4.78, 5) is 49.7. The summed E-state index contributed by atoms with van der Waals surface area (Å²) in [7, 11) is 0. The first-order valence-corrected chi connectivity index (χ1v) is 10.8. The predicted octanol–water partition coefficient (Wildman–Crippen LogP) is 2.48. The number of benzene rings is 2. The molecule has 5 rings (SSSR count). The zero-order valence-electron chi connectivity index (χ0n) is 17.9. The first-order valence-electron chi connectivity index (χ1n) is 10.8. The fourth-order valence-electron chi connectivity index (χ4n) is 5.06. The summed E-state index contributed by atoms with van der Waals surface area (Å²) in [5.41, 5.74) is 0.602. The number of esters is 4. The van der Waals surface area contributed by atoms with Crippen LogP contribution in [0, 0.1) is 24.7 Å². The summed E-state index contributed by atoms with van der Waals surface area (Å²) in [6, 6.07) is 15.5. The van der Waals surface area contributed by atoms with E-state index in [0.717, 1.165) is 5.56 Å². The molecule has 3 aliphatic rings. The van der Waals surface area contributed by atoms with Crippen molar-refractivity contribution >= 4 is 23.9 Å². The van der Waals surface area contributed by atoms with E-state index < -0.39 is 47.4 Å². The SMILES string of the molecule is Cc1ccc(C(=O)OC[C@]23C[C@@H](COC(=O)c4ccccc4)[C@H](O2)[C@@H]2C(=O)OC(=O)[C@@H]23)cc1. The van der Waals surface area contributed by atoms with Gasteiger partial charge in [-0.1, -0.05) is 35.9 Å². The van der Waals surface area contributed by atoms with Crippen LogP contribution in [-0.2, 0) is 28.5 Å². The summed E-state index contributed by atoms with van der Waals surface area (Å²) in [5, 5.41) is 0. The number of ether oxygens (including phenoxy) is 4. The zero-order valence-corrected chi connectivity index (χ0v) is 17.9. The van der Waals surface area contributed by atoms with Gasteiger partial charge in [-0.2, -0.15) is 0 Å². The van der Waals surface area contributed by atoms with Crippen molar-refractivity contribution in [2.24, 2.45) is 17.8 Å². The topological polar surface area (TPSA) is 105 Å². The quantitative estimate of drug-likeness (QED) is 0.376. The van der Waals surface area contributed by atoms with Crippen LogP contribution >= 0.6 is 0 Å². The Kier molecular flexibility index (Phi) is 5.25. The summed E-state index contributed by atoms with van der Waals surface area (Å²) >= 11 is 0. The van der Waals surface area contributed by atoms with Crippen molar-refractivity contribution < 1.29 is 38.1 Å². The lowest BCUT2D eigenvalue weighted by Gasteiger charge is -2.31. The molecule has 2 aromatic carbocycles. The molecule has 2 aromatic rings. The second-order valence-electron chi connectivity index (χ2n) is 8.76. The number of carbonyl (C=O) groups excluding carboxylic acids is 4. The first-order chi connectivity index (χ1) is 15.9. The molecule has 3 aliphatic heterocycles. The third-order valence-corrected chi connectivity index (χ3v) is 6.62. The average Bonchev–Trinajstić information content (AvgIpc) is 3.46. The Morgan fingerprint density at radius 2 is 1.61 bits per heavy atom. The van der Waals surface area contributed by atoms with Gasteiger partial charge >= 0.3 is 23.9 Å². The highest BCUT2D eigenvalue weighted by Crippen LogP contribution is 2.57. The number of rotatable bonds is 6. The fraction of sp³-hybridized carbons (Fsp3) is 0.360. The summed E-state index contributed by atoms with van der Waals surface area (Å²) < 4.78 is 22.0. The summed E-state index contributed by atoms with van der Waals surface area (Å²) in [5.74, 6) is -4.34. The minimum absolute atomic E-state index is 0.0107. The molecule has 3 heterocycles. The van der Waals surface area contributed by atoms with Crippen molar-refractivity contribution in [2.45, 2.75) is 25.0 Å². The minimum Gasteiger partial charge on any atom is -0.462 e. The van der Waals surface area contributed by atoms with E-state index in [1.165, 1.54) is 0 Å². The molecular formula is C25H22O8. The van der Waals surface area contributed by atoms with Gasteiger partial charge in [-0.15, -0.1) is 0 Å². The molecule has 0 amide bonds. The van der Waals surface area contributed by atoms with Crippen LogP contribution in [0.5, 0.6) is 0 Å². The number of cyclic esters (lactones) is 2. The molecule has 0 radical (unpaired) electrons. The van der Waals surface area contributed by atoms with E-state index in [1.54, 1.807) is 54.6 Å². The Balaban J connectivity index is 1.31. The first kappa shape index (κ1) is 21.3. The molecule has 0 unspecified atom stereocenters. The molecule has 8 nitrogen and oxygen atoms in total. The van der Waals surface area contributed by atoms with Gasteiger partial charge in [0.2, 0.25) is 0 Å². The highest BCUT2D eigenvalue weighted by Gasteiger charge is 2.72. The Morgan fingerprint density at radius 1 is 0.939 bits per heavy atom. The second kappa shape index (κ2) is 8.12. The van der Waals surface area contributed by atoms with Crippen LogP contribution in [0.25, 0.3) is 0 Å². The van der Waals surface area contributed by atoms with Crippen LogP contribution in [0.15, 0.2) is 54.6 Å². The van der Waals surface area contributed by atoms with E-state index in [9.17, 15) is 19.2 Å². The molecule has 33 heavy (non-hydrogen) atoms. The maximum atomic E-state index is 12.5. The van der Waals surface area contributed by atoms with Crippen molar-refractivity contribution in [3.63, 3.8) is 0 Å². The van der Waals surface area contributed by atoms with Gasteiger partial charge in [0.05, 0.1) is 23.8 Å². The molecule has 170 valence electrons. The number of hydrogen-bond acceptors (Lipinski definition) is 8. The van der Waals surface area contributed by atoms with E-state index in [2.05, 4.69) is 0 Å². The highest BCUT2D eigenvalue weighted by molar-refractivity contribution is 5.98. The molecule has 0 aliphatic carbocycles. The largest absolute Gasteiger partial charge is 0.462 e. The van der Waals surface area contributed by atoms with Crippen LogP contribution < -0.4 is 0 Å². The lowest BCUT2D eigenvalue weighted by atomic mass is 9.69. The van der Waals surface area contributed by atoms with Crippen LogP contribution in [0.4, 0.5) is 0 Å². The summed E-state index contributed by atoms with van der Waals surface area (Å²) in [6.45, 7) is 1.71. The molecule has 2 bridgehead atoms. The Morgan fingerprint density at radius 3 is 2.33 bits per heavy atom. The molecule has 8 heteroatoms. The van der Waals surface area contributed by atoms with Gasteiger partial charge in [-0.05, 0) is 37.6 Å². The van der Waals surface area contributed by atoms with Gasteiger partial charge in [-0.25, -0.2) is 9.59 Å². The Labute approximate surface area is 189 Å². The van der Waals surface area contributed by atoms with Crippen molar-refractivity contribution in [2.75, 3.05) is 13.2 Å². The van der Waals surface area contributed by atoms with Gasteiger partial charge in [0.25, 0.3) is 0 Å². The average molecular weight is 450 g/mol. The monoisotopic (exact) mass is 450 g/mol. The highest BCUT2D eigenvalue weighted by atomic mass is 16.6. The maximum absolute atomic E-state index is 12.5. The van der Waals surface area contributed by atoms with E-state index in [-0.39, 0.29) is 19.1 Å². The molecule has 3 saturated heterocycles. The van der Waals surface area contributed by atoms with Crippen LogP contribution in [0.1, 0.15) is 32.7 Å². The number of fused-ring (bicyclic) bond motifs is 5. The third kappa shape index (κ3) is 3.70. The molecule has 0 N–H and O–H groups in total. The van der Waals surface area contributed by atoms with E-state index in [4.69, 9.17) is 18.9 Å². The smallest absolute Gasteiger partial charge is 0.338 e. The zero-order chi connectivity index (χ0) is 23.2. The number of aryl methyl sites for hydroxylation is 1. The van der Waals surface area contributed by atoms with E-state index >= 15 is 0 Å². The lowest BCUT2D eigenvalue weighted by Crippen LogP contribution is -2.47. The van der Waals surface area contributed by atoms with Gasteiger partial charge < -0.3 is 18.9 Å². The van der Waals surface area contributed by atoms with Crippen LogP contribution in [-0.4, -0.2) is 48.8 Å². The number of carbonyl (C=O) groups is 4. The van der Waals surface area contributed by atoms with E-state index in [1.807, 2.05) is 6.92 Å². The second-order valence-corrected chi connectivity index (χ2v) is 8.76. The van der Waals surface area contributed by atoms with Crippen LogP contribution in [0.3, 0.4) is 0 Å². The molecule has 0 spiro atoms. The molecule has 0 aromatic heterocycles. The van der Waals surface area contributed by atoms with Gasteiger partial charge in [0.1, 0.15) is 24.0 Å². The third-order valence-electron chi connectivity index (χ3n) is 6.62. The van der Waals surface area contributed by atoms with Gasteiger partial charge in [0, 0.05) is 5.92 Å². The molecule has 5 atom stereocenters. The van der Waals surface area contributed by atoms with Crippen molar-refractivity contribution in [1.29, 1.82) is 0 Å². The Hall–Kier alpha value is -3.52. The Bertz CT molecular complexity index is 1110. The fourth-order valence-corrected chi connectivity index (χ4v) is 5.06. The maximum Gasteiger partial charge on any atom is 0.338 e. The van der Waals surface area contributed by atoms with E-state index in [0.29, 0.717) is 17.5 Å². The van der Waals surface area contributed by atoms with Crippen molar-refractivity contribution in [3.05, 3.63) is 71.3 Å². The number of hydrogen-bond donors (Lipinski definition) is 0. The summed E-state index contributed by atoms with van der Waals surface area (Å²) in [6.07, 6.45) is -0.361. The van der Waals surface area contributed by atoms with Crippen molar-refractivity contribution in [3.8, 4) is 0 Å². The minimum atomic E-state index is -1.19. The molecule has 3 fully saturated rings. The lowest BCUT2D eigenvalue weighted by molar-refractivity contribution is -0.160. The predicted molar refractivity (Wildman–Crippen MR) is 112 cm³/mol. The molecular weight excluding hydrogens is 428 g/mol. The molecule has 0 saturated carbocycles. The standard InChI is InChI=1S/C25H22O8/c1-14-7-9-16(10-8-14)22(27)31-13-25-11-17(12-30-21(26)15-5-3-2-4-6-15)20(33-25)18-19(25)24(29)32-23(18)28/h2-10,17-20H,11-13H2,1H3/t17-,18+,19+,20-,25-/m0/s1. The normalized spacial score (nSPS) is 29.5. The van der Waals surface area contributed by atoms with Gasteiger partial charge in [-0.3, -0.25) is 9.59 Å². The van der Waals surface area contributed by atoms with Crippen LogP contribution in [0.2, 0.25) is 0 Å².